The van der Waals surface area contributed by atoms with E-state index in [4.69, 9.17) is 5.11 Å². The zero-order valence-electron chi connectivity index (χ0n) is 17.0. The van der Waals surface area contributed by atoms with Crippen molar-refractivity contribution in [2.45, 2.75) is 44.8 Å². The number of hydrogen-bond acceptors (Lipinski definition) is 5. The van der Waals surface area contributed by atoms with Crippen LogP contribution < -0.4 is 0 Å². The van der Waals surface area contributed by atoms with Crippen LogP contribution in [0.2, 0.25) is 0 Å². The van der Waals surface area contributed by atoms with Gasteiger partial charge in [0.1, 0.15) is 0 Å². The summed E-state index contributed by atoms with van der Waals surface area (Å²) in [5.41, 5.74) is 3.38. The minimum Gasteiger partial charge on any atom is -0.481 e. The SMILES string of the molecule is CC(C)c1sc(-c2ccccc2)c(-c2cccs2)c1/C=C/[C@@H](O)C[C@@H](O)CC(=O)O. The van der Waals surface area contributed by atoms with E-state index in [0.717, 1.165) is 21.6 Å². The van der Waals surface area contributed by atoms with Crippen molar-refractivity contribution in [1.82, 2.24) is 0 Å². The molecule has 4 nitrogen and oxygen atoms in total. The van der Waals surface area contributed by atoms with Crippen molar-refractivity contribution in [3.05, 3.63) is 64.4 Å². The summed E-state index contributed by atoms with van der Waals surface area (Å²) >= 11 is 3.45. The van der Waals surface area contributed by atoms with Gasteiger partial charge < -0.3 is 15.3 Å². The highest BCUT2D eigenvalue weighted by molar-refractivity contribution is 7.18. The molecular weight excluding hydrogens is 416 g/mol. The fraction of sp³-hybridized carbons (Fsp3) is 0.292. The highest BCUT2D eigenvalue weighted by atomic mass is 32.1. The molecule has 0 saturated heterocycles. The molecule has 3 N–H and O–H groups in total. The molecule has 0 unspecified atom stereocenters. The summed E-state index contributed by atoms with van der Waals surface area (Å²) in [6, 6.07) is 14.4. The van der Waals surface area contributed by atoms with Crippen LogP contribution in [-0.4, -0.2) is 33.5 Å². The molecule has 2 aromatic heterocycles. The van der Waals surface area contributed by atoms with Crippen LogP contribution in [0.4, 0.5) is 0 Å². The predicted molar refractivity (Wildman–Crippen MR) is 125 cm³/mol. The molecule has 0 saturated carbocycles. The van der Waals surface area contributed by atoms with Crippen molar-refractivity contribution < 1.29 is 20.1 Å². The van der Waals surface area contributed by atoms with Crippen molar-refractivity contribution in [3.63, 3.8) is 0 Å². The molecule has 0 spiro atoms. The highest BCUT2D eigenvalue weighted by Gasteiger charge is 2.22. The molecule has 3 rings (SSSR count). The molecule has 2 heterocycles. The number of carboxylic acids is 1. The number of aliphatic carboxylic acids is 1. The van der Waals surface area contributed by atoms with E-state index in [-0.39, 0.29) is 12.8 Å². The van der Waals surface area contributed by atoms with Gasteiger partial charge in [-0.2, -0.15) is 0 Å². The third-order valence-electron chi connectivity index (χ3n) is 4.71. The Hall–Kier alpha value is -2.25. The molecule has 0 radical (unpaired) electrons. The van der Waals surface area contributed by atoms with Crippen LogP contribution in [0.25, 0.3) is 27.0 Å². The lowest BCUT2D eigenvalue weighted by Gasteiger charge is -2.11. The fourth-order valence-corrected chi connectivity index (χ4v) is 5.53. The number of aliphatic hydroxyl groups excluding tert-OH is 2. The van der Waals surface area contributed by atoms with E-state index < -0.39 is 18.2 Å². The Balaban J connectivity index is 2.02. The van der Waals surface area contributed by atoms with E-state index in [1.54, 1.807) is 28.7 Å². The van der Waals surface area contributed by atoms with E-state index >= 15 is 0 Å². The van der Waals surface area contributed by atoms with Crippen LogP contribution in [0.5, 0.6) is 0 Å². The molecule has 3 aromatic rings. The zero-order chi connectivity index (χ0) is 21.7. The van der Waals surface area contributed by atoms with Crippen LogP contribution in [0.15, 0.2) is 53.9 Å². The average molecular weight is 443 g/mol. The fourth-order valence-electron chi connectivity index (χ4n) is 3.36. The molecule has 2 atom stereocenters. The number of carbonyl (C=O) groups is 1. The topological polar surface area (TPSA) is 77.8 Å². The van der Waals surface area contributed by atoms with E-state index in [2.05, 4.69) is 37.4 Å². The predicted octanol–water partition coefficient (Wildman–Crippen LogP) is 5.87. The van der Waals surface area contributed by atoms with Gasteiger partial charge in [0, 0.05) is 26.6 Å². The first-order valence-electron chi connectivity index (χ1n) is 9.89. The number of rotatable bonds is 9. The lowest BCUT2D eigenvalue weighted by atomic mass is 9.98. The second-order valence-corrected chi connectivity index (χ2v) is 9.50. The Morgan fingerprint density at radius 1 is 1.10 bits per heavy atom. The minimum atomic E-state index is -1.08. The van der Waals surface area contributed by atoms with E-state index in [9.17, 15) is 15.0 Å². The lowest BCUT2D eigenvalue weighted by Crippen LogP contribution is -2.19. The van der Waals surface area contributed by atoms with Crippen LogP contribution in [-0.2, 0) is 4.79 Å². The Morgan fingerprint density at radius 2 is 1.83 bits per heavy atom. The lowest BCUT2D eigenvalue weighted by molar-refractivity contribution is -0.139. The second kappa shape index (κ2) is 10.2. The summed E-state index contributed by atoms with van der Waals surface area (Å²) in [5, 5.41) is 31.0. The van der Waals surface area contributed by atoms with E-state index in [1.807, 2.05) is 30.3 Å². The van der Waals surface area contributed by atoms with E-state index in [1.165, 1.54) is 9.75 Å². The number of carboxylic acid groups (broad SMARTS) is 1. The smallest absolute Gasteiger partial charge is 0.305 e. The quantitative estimate of drug-likeness (QED) is 0.387. The summed E-state index contributed by atoms with van der Waals surface area (Å²) in [4.78, 5) is 14.3. The maximum Gasteiger partial charge on any atom is 0.305 e. The molecule has 0 aliphatic heterocycles. The first-order valence-corrected chi connectivity index (χ1v) is 11.6. The van der Waals surface area contributed by atoms with Gasteiger partial charge in [-0.3, -0.25) is 4.79 Å². The summed E-state index contributed by atoms with van der Waals surface area (Å²) in [6.45, 7) is 4.31. The van der Waals surface area contributed by atoms with Gasteiger partial charge in [0.2, 0.25) is 0 Å². The Kier molecular flexibility index (Phi) is 7.61. The van der Waals surface area contributed by atoms with Crippen molar-refractivity contribution in [3.8, 4) is 20.9 Å². The maximum atomic E-state index is 10.7. The van der Waals surface area contributed by atoms with Gasteiger partial charge in [-0.15, -0.1) is 22.7 Å². The molecule has 0 aliphatic carbocycles. The molecule has 158 valence electrons. The normalized spacial score (nSPS) is 13.8. The summed E-state index contributed by atoms with van der Waals surface area (Å²) in [5.74, 6) is -0.772. The zero-order valence-corrected chi connectivity index (χ0v) is 18.6. The van der Waals surface area contributed by atoms with Gasteiger partial charge in [0.25, 0.3) is 0 Å². The second-order valence-electron chi connectivity index (χ2n) is 7.50. The third-order valence-corrected chi connectivity index (χ3v) is 7.15. The van der Waals surface area contributed by atoms with Gasteiger partial charge >= 0.3 is 5.97 Å². The largest absolute Gasteiger partial charge is 0.481 e. The number of thiophene rings is 2. The van der Waals surface area contributed by atoms with Crippen molar-refractivity contribution in [1.29, 1.82) is 0 Å². The molecule has 30 heavy (non-hydrogen) atoms. The first kappa shape index (κ1) is 22.4. The third kappa shape index (κ3) is 5.46. The van der Waals surface area contributed by atoms with Crippen LogP contribution in [0.1, 0.15) is 43.0 Å². The molecule has 0 aliphatic rings. The minimum absolute atomic E-state index is 0.0101. The van der Waals surface area contributed by atoms with Crippen LogP contribution >= 0.6 is 22.7 Å². The van der Waals surface area contributed by atoms with Crippen LogP contribution in [0.3, 0.4) is 0 Å². The maximum absolute atomic E-state index is 10.7. The Labute approximate surface area is 184 Å². The van der Waals surface area contributed by atoms with Crippen LogP contribution in [0, 0.1) is 0 Å². The van der Waals surface area contributed by atoms with E-state index in [0.29, 0.717) is 5.92 Å². The van der Waals surface area contributed by atoms with Crippen molar-refractivity contribution in [2.75, 3.05) is 0 Å². The molecule has 0 amide bonds. The van der Waals surface area contributed by atoms with Gasteiger partial charge in [0.15, 0.2) is 0 Å². The standard InChI is InChI=1S/C24H26O4S2/c1-15(2)23-19(11-10-17(25)13-18(26)14-21(27)28)22(20-9-6-12-29-20)24(30-23)16-7-4-3-5-8-16/h3-12,15,17-18,25-26H,13-14H2,1-2H3,(H,27,28)/b11-10+/t17-,18-/m1/s1. The summed E-state index contributed by atoms with van der Waals surface area (Å²) in [6.07, 6.45) is 1.20. The van der Waals surface area contributed by atoms with Gasteiger partial charge in [-0.25, -0.2) is 0 Å². The Morgan fingerprint density at radius 3 is 2.43 bits per heavy atom. The molecule has 1 aromatic carbocycles. The van der Waals surface area contributed by atoms with Gasteiger partial charge in [-0.05, 0) is 28.5 Å². The summed E-state index contributed by atoms with van der Waals surface area (Å²) < 4.78 is 0. The Bertz CT molecular complexity index is 988. The molecular formula is C24H26O4S2. The van der Waals surface area contributed by atoms with Crippen molar-refractivity contribution in [2.24, 2.45) is 0 Å². The van der Waals surface area contributed by atoms with Crippen molar-refractivity contribution >= 4 is 34.7 Å². The number of aliphatic hydroxyl groups is 2. The summed E-state index contributed by atoms with van der Waals surface area (Å²) in [7, 11) is 0. The monoisotopic (exact) mass is 442 g/mol. The molecule has 0 fully saturated rings. The first-order chi connectivity index (χ1) is 14.4. The molecule has 6 heteroatoms. The molecule has 0 bridgehead atoms. The van der Waals surface area contributed by atoms with Gasteiger partial charge in [0.05, 0.1) is 18.6 Å². The highest BCUT2D eigenvalue weighted by Crippen LogP contribution is 2.47. The number of benzene rings is 1. The van der Waals surface area contributed by atoms with Gasteiger partial charge in [-0.1, -0.05) is 62.4 Å². The average Bonchev–Trinajstić information content (AvgIpc) is 3.33. The number of hydrogen-bond donors (Lipinski definition) is 3.